The number of pyridine rings is 1. The summed E-state index contributed by atoms with van der Waals surface area (Å²) in [7, 11) is 0. The highest BCUT2D eigenvalue weighted by molar-refractivity contribution is 7.21. The number of hydrogen-bond acceptors (Lipinski definition) is 5. The molecule has 0 radical (unpaired) electrons. The second-order valence-corrected chi connectivity index (χ2v) is 7.61. The molecule has 2 N–H and O–H groups in total. The molecule has 0 aromatic carbocycles. The molecule has 6 nitrogen and oxygen atoms in total. The monoisotopic (exact) mass is 320 g/mol. The second-order valence-electron chi connectivity index (χ2n) is 6.64. The smallest absolute Gasteiger partial charge is 0.407 e. The lowest BCUT2D eigenvalue weighted by Crippen LogP contribution is -2.58. The fraction of sp³-hybridized carbons (Fsp3) is 0.533. The summed E-state index contributed by atoms with van der Waals surface area (Å²) < 4.78 is 0. The highest BCUT2D eigenvalue weighted by atomic mass is 32.1. The van der Waals surface area contributed by atoms with Crippen LogP contribution in [0.2, 0.25) is 0 Å². The Morgan fingerprint density at radius 3 is 2.77 bits per heavy atom. The number of thiazole rings is 1. The van der Waals surface area contributed by atoms with Gasteiger partial charge in [-0.15, -0.1) is 0 Å². The van der Waals surface area contributed by atoms with Crippen molar-refractivity contribution in [1.82, 2.24) is 14.9 Å². The first kappa shape index (κ1) is 15.0. The molecule has 1 aliphatic carbocycles. The van der Waals surface area contributed by atoms with E-state index in [1.54, 1.807) is 11.1 Å². The molecule has 2 heterocycles. The topological polar surface area (TPSA) is 78.4 Å². The van der Waals surface area contributed by atoms with E-state index in [0.29, 0.717) is 0 Å². The molecule has 1 aliphatic rings. The van der Waals surface area contributed by atoms with Crippen molar-refractivity contribution in [2.45, 2.75) is 51.2 Å². The average molecular weight is 320 g/mol. The zero-order valence-electron chi connectivity index (χ0n) is 12.9. The van der Waals surface area contributed by atoms with Crippen LogP contribution in [0.3, 0.4) is 0 Å². The van der Waals surface area contributed by atoms with Crippen LogP contribution >= 0.6 is 11.3 Å². The summed E-state index contributed by atoms with van der Waals surface area (Å²) in [6.45, 7) is 5.79. The number of carboxylic acid groups (broad SMARTS) is 1. The fourth-order valence-corrected chi connectivity index (χ4v) is 3.80. The number of aromatic nitrogens is 2. The minimum atomic E-state index is -0.847. The van der Waals surface area contributed by atoms with Crippen molar-refractivity contribution in [2.75, 3.05) is 5.32 Å². The molecule has 0 atom stereocenters. The van der Waals surface area contributed by atoms with Crippen LogP contribution in [0.25, 0.3) is 10.3 Å². The summed E-state index contributed by atoms with van der Waals surface area (Å²) in [5.74, 6) is 0. The van der Waals surface area contributed by atoms with E-state index in [0.717, 1.165) is 28.3 Å². The highest BCUT2D eigenvalue weighted by Crippen LogP contribution is 2.34. The van der Waals surface area contributed by atoms with Crippen molar-refractivity contribution in [3.8, 4) is 0 Å². The lowest BCUT2D eigenvalue weighted by molar-refractivity contribution is 0.0379. The Hall–Kier alpha value is -1.89. The van der Waals surface area contributed by atoms with Crippen molar-refractivity contribution in [3.63, 3.8) is 0 Å². The summed E-state index contributed by atoms with van der Waals surface area (Å²) in [5.41, 5.74) is 0.522. The van der Waals surface area contributed by atoms with Crippen LogP contribution in [0, 0.1) is 0 Å². The molecule has 1 amide bonds. The summed E-state index contributed by atoms with van der Waals surface area (Å²) in [5, 5.41) is 13.6. The molecule has 0 aliphatic heterocycles. The van der Waals surface area contributed by atoms with Crippen molar-refractivity contribution < 1.29 is 9.90 Å². The van der Waals surface area contributed by atoms with E-state index in [1.165, 1.54) is 11.3 Å². The molecule has 118 valence electrons. The van der Waals surface area contributed by atoms with E-state index >= 15 is 0 Å². The van der Waals surface area contributed by atoms with Gasteiger partial charge in [0, 0.05) is 23.8 Å². The number of rotatable bonds is 3. The van der Waals surface area contributed by atoms with Gasteiger partial charge in [-0.1, -0.05) is 11.3 Å². The standard InChI is InChI=1S/C15H20N4O2S/c1-15(2,3)19(14(20)21)10-7-9(8-10)17-13-18-11-5-4-6-16-12(11)22-13/h4-6,9-10H,7-8H2,1-3H3,(H,17,18)(H,20,21). The van der Waals surface area contributed by atoms with Crippen LogP contribution in [0.5, 0.6) is 0 Å². The third-order valence-corrected chi connectivity index (χ3v) is 4.81. The van der Waals surface area contributed by atoms with Gasteiger partial charge in [0.1, 0.15) is 10.3 Å². The number of carbonyl (C=O) groups is 1. The fourth-order valence-electron chi connectivity index (χ4n) is 2.91. The molecule has 22 heavy (non-hydrogen) atoms. The number of nitrogens with one attached hydrogen (secondary N) is 1. The number of nitrogens with zero attached hydrogens (tertiary/aromatic N) is 3. The summed E-state index contributed by atoms with van der Waals surface area (Å²) >= 11 is 1.53. The third-order valence-electron chi connectivity index (χ3n) is 3.90. The van der Waals surface area contributed by atoms with Gasteiger partial charge in [0.15, 0.2) is 5.13 Å². The minimum Gasteiger partial charge on any atom is -0.465 e. The van der Waals surface area contributed by atoms with Crippen molar-refractivity contribution in [3.05, 3.63) is 18.3 Å². The van der Waals surface area contributed by atoms with E-state index in [-0.39, 0.29) is 17.6 Å². The second kappa shape index (κ2) is 5.39. The van der Waals surface area contributed by atoms with E-state index < -0.39 is 6.09 Å². The molecule has 0 spiro atoms. The van der Waals surface area contributed by atoms with Crippen LogP contribution < -0.4 is 5.32 Å². The molecule has 2 aromatic heterocycles. The summed E-state index contributed by atoms with van der Waals surface area (Å²) in [6, 6.07) is 4.16. The normalized spacial score (nSPS) is 21.4. The van der Waals surface area contributed by atoms with Crippen molar-refractivity contribution in [2.24, 2.45) is 0 Å². The molecular weight excluding hydrogens is 300 g/mol. The molecule has 1 fully saturated rings. The molecule has 0 unspecified atom stereocenters. The van der Waals surface area contributed by atoms with Gasteiger partial charge < -0.3 is 15.3 Å². The van der Waals surface area contributed by atoms with Gasteiger partial charge >= 0.3 is 6.09 Å². The van der Waals surface area contributed by atoms with E-state index in [1.807, 2.05) is 32.9 Å². The van der Waals surface area contributed by atoms with E-state index in [9.17, 15) is 9.90 Å². The largest absolute Gasteiger partial charge is 0.465 e. The van der Waals surface area contributed by atoms with Gasteiger partial charge in [-0.05, 0) is 45.7 Å². The van der Waals surface area contributed by atoms with Crippen LogP contribution in [-0.4, -0.2) is 43.7 Å². The van der Waals surface area contributed by atoms with E-state index in [2.05, 4.69) is 15.3 Å². The highest BCUT2D eigenvalue weighted by Gasteiger charge is 2.41. The Labute approximate surface area is 133 Å². The van der Waals surface area contributed by atoms with Crippen LogP contribution in [0.1, 0.15) is 33.6 Å². The van der Waals surface area contributed by atoms with E-state index in [4.69, 9.17) is 0 Å². The van der Waals surface area contributed by atoms with Crippen LogP contribution in [0.4, 0.5) is 9.93 Å². The Morgan fingerprint density at radius 2 is 2.18 bits per heavy atom. The lowest BCUT2D eigenvalue weighted by Gasteiger charge is -2.47. The molecule has 7 heteroatoms. The molecule has 3 rings (SSSR count). The van der Waals surface area contributed by atoms with Crippen LogP contribution in [-0.2, 0) is 0 Å². The quantitative estimate of drug-likeness (QED) is 0.906. The van der Waals surface area contributed by atoms with Crippen molar-refractivity contribution >= 4 is 32.9 Å². The third kappa shape index (κ3) is 2.85. The maximum Gasteiger partial charge on any atom is 0.407 e. The number of hydrogen-bond donors (Lipinski definition) is 2. The van der Waals surface area contributed by atoms with Crippen molar-refractivity contribution in [1.29, 1.82) is 0 Å². The van der Waals surface area contributed by atoms with Gasteiger partial charge in [0.2, 0.25) is 0 Å². The van der Waals surface area contributed by atoms with Gasteiger partial charge in [-0.25, -0.2) is 14.8 Å². The van der Waals surface area contributed by atoms with Gasteiger partial charge in [-0.3, -0.25) is 0 Å². The Morgan fingerprint density at radius 1 is 1.45 bits per heavy atom. The molecule has 0 bridgehead atoms. The average Bonchev–Trinajstić information content (AvgIpc) is 2.76. The van der Waals surface area contributed by atoms with Gasteiger partial charge in [0.25, 0.3) is 0 Å². The first-order valence-corrected chi connectivity index (χ1v) is 8.16. The SMILES string of the molecule is CC(C)(C)N(C(=O)O)C1CC(Nc2nc3cccnc3s2)C1. The zero-order valence-corrected chi connectivity index (χ0v) is 13.7. The Bertz CT molecular complexity index is 655. The number of amides is 1. The molecule has 1 saturated carbocycles. The zero-order chi connectivity index (χ0) is 15.9. The molecular formula is C15H20N4O2S. The summed E-state index contributed by atoms with van der Waals surface area (Å²) in [4.78, 5) is 22.7. The maximum absolute atomic E-state index is 11.4. The van der Waals surface area contributed by atoms with Crippen LogP contribution in [0.15, 0.2) is 18.3 Å². The first-order valence-electron chi connectivity index (χ1n) is 7.35. The number of fused-ring (bicyclic) bond motifs is 1. The predicted octanol–water partition coefficient (Wildman–Crippen LogP) is 3.41. The minimum absolute atomic E-state index is 0.0718. The molecule has 2 aromatic rings. The summed E-state index contributed by atoms with van der Waals surface area (Å²) in [6.07, 6.45) is 2.54. The Balaban J connectivity index is 1.62. The molecule has 0 saturated heterocycles. The first-order chi connectivity index (χ1) is 10.3. The lowest BCUT2D eigenvalue weighted by atomic mass is 9.83. The number of anilines is 1. The predicted molar refractivity (Wildman–Crippen MR) is 87.5 cm³/mol. The van der Waals surface area contributed by atoms with Gasteiger partial charge in [-0.2, -0.15) is 0 Å². The van der Waals surface area contributed by atoms with Gasteiger partial charge in [0.05, 0.1) is 0 Å². The Kier molecular flexibility index (Phi) is 3.68. The maximum atomic E-state index is 11.4.